The van der Waals surface area contributed by atoms with Gasteiger partial charge >= 0.3 is 0 Å². The lowest BCUT2D eigenvalue weighted by atomic mass is 10.2. The number of aryl methyl sites for hydroxylation is 1. The van der Waals surface area contributed by atoms with Crippen molar-refractivity contribution in [2.45, 2.75) is 25.8 Å². The molecule has 0 atom stereocenters. The van der Waals surface area contributed by atoms with Crippen LogP contribution in [0.4, 0.5) is 0 Å². The lowest BCUT2D eigenvalue weighted by Gasteiger charge is -2.21. The fraction of sp³-hybridized carbons (Fsp3) is 0.400. The molecule has 110 valence electrons. The topological polar surface area (TPSA) is 74.9 Å². The van der Waals surface area contributed by atoms with E-state index in [4.69, 9.17) is 5.11 Å². The minimum absolute atomic E-state index is 0.0541. The van der Waals surface area contributed by atoms with Crippen molar-refractivity contribution >= 4 is 11.6 Å². The summed E-state index contributed by atoms with van der Waals surface area (Å²) in [6, 6.07) is 3.76. The Morgan fingerprint density at radius 3 is 2.95 bits per heavy atom. The van der Waals surface area contributed by atoms with Gasteiger partial charge in [0.25, 0.3) is 11.5 Å². The van der Waals surface area contributed by atoms with E-state index in [0.717, 1.165) is 18.4 Å². The van der Waals surface area contributed by atoms with Gasteiger partial charge in [0.2, 0.25) is 0 Å². The highest BCUT2D eigenvalue weighted by Crippen LogP contribution is 2.27. The number of fused-ring (bicyclic) bond motifs is 1. The predicted molar refractivity (Wildman–Crippen MR) is 77.3 cm³/mol. The maximum absolute atomic E-state index is 12.5. The lowest BCUT2D eigenvalue weighted by Crippen LogP contribution is -2.39. The molecule has 2 heterocycles. The van der Waals surface area contributed by atoms with E-state index in [1.54, 1.807) is 17.2 Å². The van der Waals surface area contributed by atoms with Crippen molar-refractivity contribution in [3.8, 4) is 0 Å². The Kier molecular flexibility index (Phi) is 3.47. The third kappa shape index (κ3) is 2.42. The van der Waals surface area contributed by atoms with Crippen LogP contribution >= 0.6 is 0 Å². The molecule has 2 aromatic rings. The fourth-order valence-electron chi connectivity index (χ4n) is 2.49. The number of nitrogens with zero attached hydrogens (tertiary/aromatic N) is 3. The number of aliphatic hydroxyl groups is 1. The minimum Gasteiger partial charge on any atom is -0.395 e. The van der Waals surface area contributed by atoms with E-state index < -0.39 is 0 Å². The molecule has 1 saturated carbocycles. The van der Waals surface area contributed by atoms with Gasteiger partial charge in [-0.15, -0.1) is 0 Å². The zero-order chi connectivity index (χ0) is 15.0. The molecule has 0 unspecified atom stereocenters. The molecule has 6 heteroatoms. The average Bonchev–Trinajstić information content (AvgIpc) is 3.30. The number of aromatic nitrogens is 2. The SMILES string of the molecule is Cc1cccn2c(=O)c(C(=O)N(CCO)C3CC3)cnc12. The quantitative estimate of drug-likeness (QED) is 0.893. The Morgan fingerprint density at radius 1 is 1.52 bits per heavy atom. The van der Waals surface area contributed by atoms with Gasteiger partial charge in [0.05, 0.1) is 6.61 Å². The summed E-state index contributed by atoms with van der Waals surface area (Å²) in [5.74, 6) is -0.347. The van der Waals surface area contributed by atoms with Crippen LogP contribution in [0.15, 0.2) is 29.3 Å². The molecule has 1 aliphatic carbocycles. The number of carbonyl (C=O) groups is 1. The number of amides is 1. The second-order valence-corrected chi connectivity index (χ2v) is 5.32. The molecule has 3 rings (SSSR count). The molecule has 0 saturated heterocycles. The highest BCUT2D eigenvalue weighted by Gasteiger charge is 2.33. The molecule has 0 bridgehead atoms. The summed E-state index contributed by atoms with van der Waals surface area (Å²) < 4.78 is 1.40. The monoisotopic (exact) mass is 287 g/mol. The first-order chi connectivity index (χ1) is 10.1. The van der Waals surface area contributed by atoms with Gasteiger partial charge in [0, 0.05) is 25.0 Å². The van der Waals surface area contributed by atoms with Crippen molar-refractivity contribution < 1.29 is 9.90 Å². The maximum Gasteiger partial charge on any atom is 0.270 e. The van der Waals surface area contributed by atoms with Gasteiger partial charge in [0.1, 0.15) is 11.2 Å². The lowest BCUT2D eigenvalue weighted by molar-refractivity contribution is 0.0705. The van der Waals surface area contributed by atoms with Crippen LogP contribution in [0.25, 0.3) is 5.65 Å². The molecule has 1 amide bonds. The molecule has 0 radical (unpaired) electrons. The van der Waals surface area contributed by atoms with Crippen LogP contribution in [-0.4, -0.2) is 44.5 Å². The van der Waals surface area contributed by atoms with E-state index >= 15 is 0 Å². The standard InChI is InChI=1S/C15H17N3O3/c1-10-3-2-6-18-13(10)16-9-12(15(18)21)14(20)17(7-8-19)11-4-5-11/h2-3,6,9,11,19H,4-5,7-8H2,1H3. The Balaban J connectivity index is 2.06. The summed E-state index contributed by atoms with van der Waals surface area (Å²) in [7, 11) is 0. The van der Waals surface area contributed by atoms with Crippen LogP contribution in [-0.2, 0) is 0 Å². The van der Waals surface area contributed by atoms with E-state index in [1.165, 1.54) is 10.6 Å². The molecular formula is C15H17N3O3. The number of rotatable bonds is 4. The summed E-state index contributed by atoms with van der Waals surface area (Å²) in [6.07, 6.45) is 4.81. The largest absolute Gasteiger partial charge is 0.395 e. The van der Waals surface area contributed by atoms with Crippen molar-refractivity contribution in [1.29, 1.82) is 0 Å². The second kappa shape index (κ2) is 5.29. The minimum atomic E-state index is -0.364. The van der Waals surface area contributed by atoms with Crippen molar-refractivity contribution in [3.05, 3.63) is 46.0 Å². The molecule has 1 fully saturated rings. The van der Waals surface area contributed by atoms with E-state index in [-0.39, 0.29) is 36.2 Å². The normalized spacial score (nSPS) is 14.4. The van der Waals surface area contributed by atoms with E-state index in [2.05, 4.69) is 4.98 Å². The maximum atomic E-state index is 12.5. The molecule has 6 nitrogen and oxygen atoms in total. The third-order valence-electron chi connectivity index (χ3n) is 3.75. The van der Waals surface area contributed by atoms with Gasteiger partial charge in [-0.05, 0) is 31.4 Å². The number of pyridine rings is 1. The van der Waals surface area contributed by atoms with Crippen molar-refractivity contribution in [2.75, 3.05) is 13.2 Å². The summed E-state index contributed by atoms with van der Waals surface area (Å²) >= 11 is 0. The van der Waals surface area contributed by atoms with Crippen LogP contribution in [0.1, 0.15) is 28.8 Å². The van der Waals surface area contributed by atoms with Gasteiger partial charge in [-0.3, -0.25) is 14.0 Å². The molecule has 1 aliphatic rings. The number of carbonyl (C=O) groups excluding carboxylic acids is 1. The molecular weight excluding hydrogens is 270 g/mol. The predicted octanol–water partition coefficient (Wildman–Crippen LogP) is 0.600. The number of aliphatic hydroxyl groups excluding tert-OH is 1. The summed E-state index contributed by atoms with van der Waals surface area (Å²) in [5, 5.41) is 9.09. The Hall–Kier alpha value is -2.21. The summed E-state index contributed by atoms with van der Waals surface area (Å²) in [5.41, 5.74) is 1.12. The van der Waals surface area contributed by atoms with Gasteiger partial charge in [-0.25, -0.2) is 4.98 Å². The zero-order valence-electron chi connectivity index (χ0n) is 11.8. The number of hydrogen-bond donors (Lipinski definition) is 1. The zero-order valence-corrected chi connectivity index (χ0v) is 11.8. The average molecular weight is 287 g/mol. The smallest absolute Gasteiger partial charge is 0.270 e. The van der Waals surface area contributed by atoms with Crippen LogP contribution in [0, 0.1) is 6.92 Å². The van der Waals surface area contributed by atoms with Crippen LogP contribution in [0.5, 0.6) is 0 Å². The van der Waals surface area contributed by atoms with Crippen LogP contribution in [0.3, 0.4) is 0 Å². The van der Waals surface area contributed by atoms with Crippen LogP contribution in [0.2, 0.25) is 0 Å². The van der Waals surface area contributed by atoms with Crippen molar-refractivity contribution in [3.63, 3.8) is 0 Å². The summed E-state index contributed by atoms with van der Waals surface area (Å²) in [6.45, 7) is 2.01. The van der Waals surface area contributed by atoms with Crippen molar-refractivity contribution in [2.24, 2.45) is 0 Å². The first-order valence-electron chi connectivity index (χ1n) is 7.02. The van der Waals surface area contributed by atoms with E-state index in [1.807, 2.05) is 13.0 Å². The molecule has 0 aromatic carbocycles. The molecule has 1 N–H and O–H groups in total. The first-order valence-corrected chi connectivity index (χ1v) is 7.02. The Morgan fingerprint density at radius 2 is 2.29 bits per heavy atom. The van der Waals surface area contributed by atoms with Gasteiger partial charge in [-0.1, -0.05) is 6.07 Å². The summed E-state index contributed by atoms with van der Waals surface area (Å²) in [4.78, 5) is 30.8. The van der Waals surface area contributed by atoms with E-state index in [9.17, 15) is 9.59 Å². The van der Waals surface area contributed by atoms with E-state index in [0.29, 0.717) is 5.65 Å². The van der Waals surface area contributed by atoms with Crippen molar-refractivity contribution in [1.82, 2.24) is 14.3 Å². The Labute approximate surface area is 121 Å². The molecule has 2 aromatic heterocycles. The molecule has 0 aliphatic heterocycles. The third-order valence-corrected chi connectivity index (χ3v) is 3.75. The Bertz CT molecular complexity index is 749. The van der Waals surface area contributed by atoms with Crippen LogP contribution < -0.4 is 5.56 Å². The highest BCUT2D eigenvalue weighted by atomic mass is 16.3. The van der Waals surface area contributed by atoms with Gasteiger partial charge < -0.3 is 10.0 Å². The van der Waals surface area contributed by atoms with Gasteiger partial charge in [-0.2, -0.15) is 0 Å². The number of hydrogen-bond acceptors (Lipinski definition) is 4. The second-order valence-electron chi connectivity index (χ2n) is 5.32. The van der Waals surface area contributed by atoms with Gasteiger partial charge in [0.15, 0.2) is 0 Å². The molecule has 21 heavy (non-hydrogen) atoms. The highest BCUT2D eigenvalue weighted by molar-refractivity contribution is 5.94. The molecule has 0 spiro atoms. The first kappa shape index (κ1) is 13.8. The fourth-order valence-corrected chi connectivity index (χ4v) is 2.49.